The molecular weight excluding hydrogens is 234 g/mol. The zero-order chi connectivity index (χ0) is 13.2. The quantitative estimate of drug-likeness (QED) is 0.777. The van der Waals surface area contributed by atoms with Gasteiger partial charge in [-0.05, 0) is 19.3 Å². The number of piperidine rings is 1. The summed E-state index contributed by atoms with van der Waals surface area (Å²) in [5, 5.41) is 9.08. The Hall–Kier alpha value is -1.39. The lowest BCUT2D eigenvalue weighted by molar-refractivity contribution is -0.160. The van der Waals surface area contributed by atoms with Crippen LogP contribution in [0.25, 0.3) is 0 Å². The molecule has 0 aromatic carbocycles. The molecule has 0 unspecified atom stereocenters. The number of hydrogen-bond acceptors (Lipinski definition) is 3. The maximum absolute atomic E-state index is 12.0. The number of rotatable bonds is 3. The van der Waals surface area contributed by atoms with Crippen LogP contribution in [0.2, 0.25) is 0 Å². The van der Waals surface area contributed by atoms with Crippen LogP contribution in [-0.4, -0.2) is 33.3 Å². The highest BCUT2D eigenvalue weighted by Crippen LogP contribution is 2.38. The Morgan fingerprint density at radius 3 is 2.11 bits per heavy atom. The second-order valence-corrected chi connectivity index (χ2v) is 5.33. The van der Waals surface area contributed by atoms with Crippen LogP contribution < -0.4 is 0 Å². The molecule has 2 fully saturated rings. The summed E-state index contributed by atoms with van der Waals surface area (Å²) in [5.41, 5.74) is -0.751. The van der Waals surface area contributed by atoms with Gasteiger partial charge in [-0.15, -0.1) is 0 Å². The normalized spacial score (nSPS) is 24.1. The molecule has 5 heteroatoms. The molecule has 1 aliphatic heterocycles. The number of carbonyl (C=O) groups excluding carboxylic acids is 2. The Balaban J connectivity index is 2.28. The fraction of sp³-hybridized carbons (Fsp3) is 0.769. The molecule has 2 amide bonds. The second-order valence-electron chi connectivity index (χ2n) is 5.33. The fourth-order valence-electron chi connectivity index (χ4n) is 3.25. The molecule has 1 saturated heterocycles. The molecule has 1 aliphatic carbocycles. The van der Waals surface area contributed by atoms with Crippen molar-refractivity contribution in [1.29, 1.82) is 0 Å². The average Bonchev–Trinajstić information content (AvgIpc) is 2.28. The summed E-state index contributed by atoms with van der Waals surface area (Å²) in [6.45, 7) is 0. The van der Waals surface area contributed by atoms with Gasteiger partial charge in [0.1, 0.15) is 0 Å². The molecule has 1 N–H and O–H groups in total. The van der Waals surface area contributed by atoms with E-state index >= 15 is 0 Å². The monoisotopic (exact) mass is 253 g/mol. The van der Waals surface area contributed by atoms with Crippen LogP contribution in [0.15, 0.2) is 0 Å². The van der Waals surface area contributed by atoms with Crippen LogP contribution in [0, 0.1) is 0 Å². The van der Waals surface area contributed by atoms with Crippen LogP contribution in [-0.2, 0) is 14.4 Å². The van der Waals surface area contributed by atoms with Crippen molar-refractivity contribution in [3.8, 4) is 0 Å². The number of nitrogens with zero attached hydrogens (tertiary/aromatic N) is 1. The van der Waals surface area contributed by atoms with Crippen LogP contribution in [0.5, 0.6) is 0 Å². The summed E-state index contributed by atoms with van der Waals surface area (Å²) in [5.74, 6) is -1.30. The first-order chi connectivity index (χ1) is 8.55. The van der Waals surface area contributed by atoms with Crippen molar-refractivity contribution >= 4 is 17.8 Å². The maximum atomic E-state index is 12.0. The summed E-state index contributed by atoms with van der Waals surface area (Å²) in [7, 11) is 0. The van der Waals surface area contributed by atoms with E-state index in [-0.39, 0.29) is 18.2 Å². The van der Waals surface area contributed by atoms with E-state index in [1.165, 1.54) is 4.90 Å². The minimum absolute atomic E-state index is 0.107. The number of amides is 2. The molecule has 5 nitrogen and oxygen atoms in total. The van der Waals surface area contributed by atoms with Gasteiger partial charge < -0.3 is 5.11 Å². The number of hydrogen-bond donors (Lipinski definition) is 1. The number of likely N-dealkylation sites (tertiary alicyclic amines) is 1. The number of imide groups is 1. The molecule has 2 aliphatic rings. The lowest BCUT2D eigenvalue weighted by Crippen LogP contribution is -2.58. The summed E-state index contributed by atoms with van der Waals surface area (Å²) in [4.78, 5) is 36.4. The molecule has 0 atom stereocenters. The average molecular weight is 253 g/mol. The first-order valence-corrected chi connectivity index (χ1v) is 6.63. The van der Waals surface area contributed by atoms with E-state index in [1.807, 2.05) is 0 Å². The van der Waals surface area contributed by atoms with Crippen molar-refractivity contribution in [3.63, 3.8) is 0 Å². The van der Waals surface area contributed by atoms with Gasteiger partial charge in [0.25, 0.3) is 0 Å². The highest BCUT2D eigenvalue weighted by Gasteiger charge is 2.46. The summed E-state index contributed by atoms with van der Waals surface area (Å²) >= 11 is 0. The molecule has 18 heavy (non-hydrogen) atoms. The number of carboxylic acids is 1. The van der Waals surface area contributed by atoms with Gasteiger partial charge in [0, 0.05) is 12.8 Å². The molecule has 0 radical (unpaired) electrons. The highest BCUT2D eigenvalue weighted by molar-refractivity contribution is 5.99. The van der Waals surface area contributed by atoms with E-state index in [0.717, 1.165) is 19.3 Å². The first kappa shape index (κ1) is 13.1. The Morgan fingerprint density at radius 2 is 1.61 bits per heavy atom. The van der Waals surface area contributed by atoms with Gasteiger partial charge in [-0.3, -0.25) is 19.3 Å². The molecule has 0 bridgehead atoms. The van der Waals surface area contributed by atoms with Crippen LogP contribution in [0.1, 0.15) is 57.8 Å². The number of aliphatic carboxylic acids is 1. The number of carboxylic acid groups (broad SMARTS) is 1. The molecule has 2 rings (SSSR count). The predicted octanol–water partition coefficient (Wildman–Crippen LogP) is 1.70. The smallest absolute Gasteiger partial charge is 0.305 e. The zero-order valence-corrected chi connectivity index (χ0v) is 10.5. The van der Waals surface area contributed by atoms with Gasteiger partial charge in [-0.1, -0.05) is 19.3 Å². The third-order valence-corrected chi connectivity index (χ3v) is 4.02. The number of carbonyl (C=O) groups is 3. The van der Waals surface area contributed by atoms with Gasteiger partial charge >= 0.3 is 5.97 Å². The lowest BCUT2D eigenvalue weighted by Gasteiger charge is -2.45. The van der Waals surface area contributed by atoms with Crippen molar-refractivity contribution in [1.82, 2.24) is 4.90 Å². The third kappa shape index (κ3) is 2.40. The zero-order valence-electron chi connectivity index (χ0n) is 10.5. The van der Waals surface area contributed by atoms with Crippen molar-refractivity contribution in [2.45, 2.75) is 63.3 Å². The first-order valence-electron chi connectivity index (χ1n) is 6.63. The second kappa shape index (κ2) is 5.08. The molecule has 0 aromatic rings. The van der Waals surface area contributed by atoms with E-state index in [9.17, 15) is 14.4 Å². The fourth-order valence-corrected chi connectivity index (χ4v) is 3.25. The van der Waals surface area contributed by atoms with E-state index in [1.54, 1.807) is 0 Å². The lowest BCUT2D eigenvalue weighted by atomic mass is 9.77. The Morgan fingerprint density at radius 1 is 1.06 bits per heavy atom. The van der Waals surface area contributed by atoms with Crippen molar-refractivity contribution < 1.29 is 19.5 Å². The van der Waals surface area contributed by atoms with Crippen molar-refractivity contribution in [2.24, 2.45) is 0 Å². The van der Waals surface area contributed by atoms with Gasteiger partial charge in [-0.2, -0.15) is 0 Å². The van der Waals surface area contributed by atoms with Crippen molar-refractivity contribution in [3.05, 3.63) is 0 Å². The van der Waals surface area contributed by atoms with Gasteiger partial charge in [0.15, 0.2) is 0 Å². The Labute approximate surface area is 106 Å². The third-order valence-electron chi connectivity index (χ3n) is 4.02. The predicted molar refractivity (Wildman–Crippen MR) is 63.8 cm³/mol. The minimum Gasteiger partial charge on any atom is -0.481 e. The highest BCUT2D eigenvalue weighted by atomic mass is 16.4. The summed E-state index contributed by atoms with van der Waals surface area (Å²) < 4.78 is 0. The molecule has 1 heterocycles. The topological polar surface area (TPSA) is 74.7 Å². The van der Waals surface area contributed by atoms with E-state index in [2.05, 4.69) is 0 Å². The van der Waals surface area contributed by atoms with Crippen LogP contribution >= 0.6 is 0 Å². The molecular formula is C13H19NO4. The van der Waals surface area contributed by atoms with Gasteiger partial charge in [0.05, 0.1) is 12.0 Å². The van der Waals surface area contributed by atoms with Crippen LogP contribution in [0.4, 0.5) is 0 Å². The summed E-state index contributed by atoms with van der Waals surface area (Å²) in [6.07, 6.45) is 5.34. The van der Waals surface area contributed by atoms with Gasteiger partial charge in [-0.25, -0.2) is 0 Å². The molecule has 100 valence electrons. The largest absolute Gasteiger partial charge is 0.481 e. The maximum Gasteiger partial charge on any atom is 0.305 e. The molecule has 0 spiro atoms. The molecule has 1 saturated carbocycles. The van der Waals surface area contributed by atoms with Gasteiger partial charge in [0.2, 0.25) is 11.8 Å². The minimum atomic E-state index is -0.928. The van der Waals surface area contributed by atoms with E-state index in [4.69, 9.17) is 5.11 Å². The van der Waals surface area contributed by atoms with Crippen molar-refractivity contribution in [2.75, 3.05) is 0 Å². The molecule has 0 aromatic heterocycles. The Bertz CT molecular complexity index is 355. The standard InChI is InChI=1S/C13H19NO4/c15-10-5-4-6-11(16)14(10)13(9-12(17)18)7-2-1-3-8-13/h1-9H2,(H,17,18). The van der Waals surface area contributed by atoms with E-state index in [0.29, 0.717) is 32.1 Å². The van der Waals surface area contributed by atoms with E-state index < -0.39 is 11.5 Å². The Kier molecular flexibility index (Phi) is 3.68. The summed E-state index contributed by atoms with van der Waals surface area (Å²) in [6, 6.07) is 0. The van der Waals surface area contributed by atoms with Crippen LogP contribution in [0.3, 0.4) is 0 Å². The SMILES string of the molecule is O=C(O)CC1(N2C(=O)CCCC2=O)CCCCC1.